The van der Waals surface area contributed by atoms with Crippen LogP contribution in [0, 0.1) is 0 Å². The number of carbonyl (C=O) groups excluding carboxylic acids is 2. The van der Waals surface area contributed by atoms with E-state index in [1.165, 1.54) is 24.6 Å². The Morgan fingerprint density at radius 2 is 1.64 bits per heavy atom. The van der Waals surface area contributed by atoms with E-state index in [0.29, 0.717) is 12.3 Å². The number of rotatable bonds is 8. The van der Waals surface area contributed by atoms with Crippen LogP contribution in [0.3, 0.4) is 0 Å². The normalized spacial score (nSPS) is 15.2. The van der Waals surface area contributed by atoms with Crippen LogP contribution in [-0.4, -0.2) is 34.6 Å². The van der Waals surface area contributed by atoms with Gasteiger partial charge in [-0.15, -0.1) is 11.8 Å². The number of amides is 2. The minimum Gasteiger partial charge on any atom is -0.352 e. The number of hydrogen-bond donors (Lipinski definition) is 1. The third kappa shape index (κ3) is 5.86. The Morgan fingerprint density at radius 1 is 1.04 bits per heavy atom. The Hall–Kier alpha value is -2.27. The lowest BCUT2D eigenvalue weighted by Gasteiger charge is -2.29. The summed E-state index contributed by atoms with van der Waals surface area (Å²) in [6.45, 7) is 2.27. The lowest BCUT2D eigenvalue weighted by molar-refractivity contribution is -0.138. The van der Waals surface area contributed by atoms with E-state index in [1.807, 2.05) is 67.6 Å². The SMILES string of the molecule is C[C@@H](C(=O)NC1CCCC1)N(Cc1ccccc1)C(=O)CSc1ccccc1. The van der Waals surface area contributed by atoms with Crippen molar-refractivity contribution in [3.05, 3.63) is 66.2 Å². The van der Waals surface area contributed by atoms with Crippen molar-refractivity contribution in [2.75, 3.05) is 5.75 Å². The molecule has 0 heterocycles. The first-order valence-electron chi connectivity index (χ1n) is 9.95. The Bertz CT molecular complexity index is 761. The number of nitrogens with zero attached hydrogens (tertiary/aromatic N) is 1. The molecule has 4 nitrogen and oxygen atoms in total. The molecule has 1 fully saturated rings. The second-order valence-electron chi connectivity index (χ2n) is 7.27. The fourth-order valence-electron chi connectivity index (χ4n) is 3.50. The molecule has 0 bridgehead atoms. The highest BCUT2D eigenvalue weighted by atomic mass is 32.2. The standard InChI is InChI=1S/C23H28N2O2S/c1-18(23(27)24-20-12-8-9-13-20)25(16-19-10-4-2-5-11-19)22(26)17-28-21-14-6-3-7-15-21/h2-7,10-11,14-15,18,20H,8-9,12-13,16-17H2,1H3,(H,24,27)/t18-/m0/s1. The van der Waals surface area contributed by atoms with Gasteiger partial charge in [-0.1, -0.05) is 61.4 Å². The molecule has 1 saturated carbocycles. The van der Waals surface area contributed by atoms with Crippen molar-refractivity contribution >= 4 is 23.6 Å². The lowest BCUT2D eigenvalue weighted by Crippen LogP contribution is -2.50. The zero-order valence-corrected chi connectivity index (χ0v) is 17.2. The van der Waals surface area contributed by atoms with E-state index < -0.39 is 6.04 Å². The second-order valence-corrected chi connectivity index (χ2v) is 8.32. The van der Waals surface area contributed by atoms with Crippen LogP contribution in [0.15, 0.2) is 65.6 Å². The van der Waals surface area contributed by atoms with Crippen molar-refractivity contribution in [2.45, 2.75) is 56.1 Å². The average molecular weight is 397 g/mol. The van der Waals surface area contributed by atoms with Gasteiger partial charge in [0.25, 0.3) is 0 Å². The highest BCUT2D eigenvalue weighted by molar-refractivity contribution is 8.00. The maximum atomic E-state index is 13.0. The fourth-order valence-corrected chi connectivity index (χ4v) is 4.30. The van der Waals surface area contributed by atoms with Crippen molar-refractivity contribution in [1.82, 2.24) is 10.2 Å². The van der Waals surface area contributed by atoms with Crippen LogP contribution in [0.25, 0.3) is 0 Å². The zero-order chi connectivity index (χ0) is 19.8. The molecule has 0 saturated heterocycles. The minimum absolute atomic E-state index is 0.0215. The van der Waals surface area contributed by atoms with Gasteiger partial charge in [0.1, 0.15) is 6.04 Å². The molecule has 0 aromatic heterocycles. The van der Waals surface area contributed by atoms with E-state index in [4.69, 9.17) is 0 Å². The molecular formula is C23H28N2O2S. The number of hydrogen-bond acceptors (Lipinski definition) is 3. The second kappa shape index (κ2) is 10.3. The first kappa shape index (κ1) is 20.5. The molecule has 0 aliphatic heterocycles. The molecular weight excluding hydrogens is 368 g/mol. The highest BCUT2D eigenvalue weighted by Crippen LogP contribution is 2.21. The highest BCUT2D eigenvalue weighted by Gasteiger charge is 2.28. The molecule has 1 aliphatic rings. The fraction of sp³-hybridized carbons (Fsp3) is 0.391. The summed E-state index contributed by atoms with van der Waals surface area (Å²) in [5.74, 6) is 0.241. The maximum absolute atomic E-state index is 13.0. The van der Waals surface area contributed by atoms with E-state index in [1.54, 1.807) is 4.90 Å². The van der Waals surface area contributed by atoms with Crippen LogP contribution in [0.4, 0.5) is 0 Å². The molecule has 1 N–H and O–H groups in total. The Labute approximate surface area is 171 Å². The van der Waals surface area contributed by atoms with E-state index in [-0.39, 0.29) is 17.9 Å². The van der Waals surface area contributed by atoms with Gasteiger partial charge in [0.05, 0.1) is 5.75 Å². The Balaban J connectivity index is 1.67. The quantitative estimate of drug-likeness (QED) is 0.679. The van der Waals surface area contributed by atoms with Gasteiger partial charge in [-0.2, -0.15) is 0 Å². The molecule has 2 amide bonds. The number of thioether (sulfide) groups is 1. The molecule has 2 aromatic carbocycles. The minimum atomic E-state index is -0.496. The Kier molecular flexibility index (Phi) is 7.54. The van der Waals surface area contributed by atoms with Gasteiger partial charge < -0.3 is 10.2 Å². The number of carbonyl (C=O) groups is 2. The largest absolute Gasteiger partial charge is 0.352 e. The molecule has 5 heteroatoms. The number of benzene rings is 2. The topological polar surface area (TPSA) is 49.4 Å². The first-order valence-corrected chi connectivity index (χ1v) is 10.9. The molecule has 2 aromatic rings. The lowest BCUT2D eigenvalue weighted by atomic mass is 10.1. The van der Waals surface area contributed by atoms with E-state index in [0.717, 1.165) is 23.3 Å². The van der Waals surface area contributed by atoms with Crippen molar-refractivity contribution in [1.29, 1.82) is 0 Å². The first-order chi connectivity index (χ1) is 13.6. The summed E-state index contributed by atoms with van der Waals surface area (Å²) in [6.07, 6.45) is 4.41. The van der Waals surface area contributed by atoms with Crippen LogP contribution in [-0.2, 0) is 16.1 Å². The summed E-state index contributed by atoms with van der Waals surface area (Å²) in [6, 6.07) is 19.5. The van der Waals surface area contributed by atoms with E-state index in [9.17, 15) is 9.59 Å². The van der Waals surface area contributed by atoms with Crippen LogP contribution in [0.5, 0.6) is 0 Å². The monoisotopic (exact) mass is 396 g/mol. The molecule has 28 heavy (non-hydrogen) atoms. The summed E-state index contributed by atoms with van der Waals surface area (Å²) in [5, 5.41) is 3.13. The van der Waals surface area contributed by atoms with Gasteiger partial charge in [-0.05, 0) is 37.5 Å². The maximum Gasteiger partial charge on any atom is 0.242 e. The predicted molar refractivity (Wildman–Crippen MR) is 114 cm³/mol. The van der Waals surface area contributed by atoms with Gasteiger partial charge in [0, 0.05) is 17.5 Å². The molecule has 0 spiro atoms. The smallest absolute Gasteiger partial charge is 0.242 e. The zero-order valence-electron chi connectivity index (χ0n) is 16.3. The van der Waals surface area contributed by atoms with Crippen molar-refractivity contribution < 1.29 is 9.59 Å². The molecule has 0 unspecified atom stereocenters. The van der Waals surface area contributed by atoms with Gasteiger partial charge in [-0.25, -0.2) is 0 Å². The van der Waals surface area contributed by atoms with E-state index in [2.05, 4.69) is 5.32 Å². The molecule has 3 rings (SSSR count). The van der Waals surface area contributed by atoms with Crippen LogP contribution in [0.2, 0.25) is 0 Å². The van der Waals surface area contributed by atoms with Gasteiger partial charge in [0.15, 0.2) is 0 Å². The van der Waals surface area contributed by atoms with Crippen LogP contribution in [0.1, 0.15) is 38.2 Å². The predicted octanol–water partition coefficient (Wildman–Crippen LogP) is 4.25. The summed E-state index contributed by atoms with van der Waals surface area (Å²) < 4.78 is 0. The number of nitrogens with one attached hydrogen (secondary N) is 1. The molecule has 1 atom stereocenters. The van der Waals surface area contributed by atoms with Crippen molar-refractivity contribution in [3.63, 3.8) is 0 Å². The summed E-state index contributed by atoms with van der Waals surface area (Å²) >= 11 is 1.51. The van der Waals surface area contributed by atoms with Gasteiger partial charge in [-0.3, -0.25) is 9.59 Å². The van der Waals surface area contributed by atoms with E-state index >= 15 is 0 Å². The third-order valence-electron chi connectivity index (χ3n) is 5.17. The van der Waals surface area contributed by atoms with Gasteiger partial charge in [0.2, 0.25) is 11.8 Å². The molecule has 0 radical (unpaired) electrons. The summed E-state index contributed by atoms with van der Waals surface area (Å²) in [4.78, 5) is 28.6. The molecule has 1 aliphatic carbocycles. The third-order valence-corrected chi connectivity index (χ3v) is 6.17. The average Bonchev–Trinajstić information content (AvgIpc) is 3.24. The summed E-state index contributed by atoms with van der Waals surface area (Å²) in [7, 11) is 0. The van der Waals surface area contributed by atoms with Crippen molar-refractivity contribution in [2.24, 2.45) is 0 Å². The van der Waals surface area contributed by atoms with Crippen molar-refractivity contribution in [3.8, 4) is 0 Å². The van der Waals surface area contributed by atoms with Crippen LogP contribution >= 0.6 is 11.8 Å². The molecule has 148 valence electrons. The Morgan fingerprint density at radius 3 is 2.29 bits per heavy atom. The van der Waals surface area contributed by atoms with Crippen LogP contribution < -0.4 is 5.32 Å². The summed E-state index contributed by atoms with van der Waals surface area (Å²) in [5.41, 5.74) is 1.03. The van der Waals surface area contributed by atoms with Gasteiger partial charge >= 0.3 is 0 Å².